The maximum absolute atomic E-state index is 12.2. The van der Waals surface area contributed by atoms with Gasteiger partial charge in [0.2, 0.25) is 0 Å². The van der Waals surface area contributed by atoms with Crippen LogP contribution in [-0.4, -0.2) is 40.2 Å². The van der Waals surface area contributed by atoms with Crippen molar-refractivity contribution in [3.8, 4) is 6.07 Å². The van der Waals surface area contributed by atoms with E-state index in [0.717, 1.165) is 19.4 Å². The number of likely N-dealkylation sites (tertiary alicyclic amines) is 1. The molecule has 1 unspecified atom stereocenters. The average molecular weight is 270 g/mol. The summed E-state index contributed by atoms with van der Waals surface area (Å²) in [6.07, 6.45) is 1.81. The van der Waals surface area contributed by atoms with Gasteiger partial charge in [-0.1, -0.05) is 0 Å². The van der Waals surface area contributed by atoms with Crippen LogP contribution in [0.4, 0.5) is 0 Å². The molecule has 0 aromatic rings. The number of carbonyl (C=O) groups excluding carboxylic acids is 1. The fraction of sp³-hybridized carbons (Fsp3) is 0.818. The second kappa shape index (κ2) is 4.58. The van der Waals surface area contributed by atoms with Crippen LogP contribution in [0.15, 0.2) is 0 Å². The van der Waals surface area contributed by atoms with Gasteiger partial charge in [0.25, 0.3) is 0 Å². The van der Waals surface area contributed by atoms with Crippen molar-refractivity contribution < 1.29 is 4.79 Å². The van der Waals surface area contributed by atoms with Crippen molar-refractivity contribution in [2.24, 2.45) is 5.41 Å². The average Bonchev–Trinajstić information content (AvgIpc) is 2.61. The molecule has 0 spiro atoms. The van der Waals surface area contributed by atoms with E-state index in [2.05, 4.69) is 26.8 Å². The standard InChI is InChI=1S/C11H19AsN2O/c1-11(2,3)9(12)10(15)14-6-4-5-8(14)7-13/h8-9H,4-6,12H2,1-3H3/t8-,9+/m0/s1. The molecule has 0 aromatic carbocycles. The number of nitriles is 1. The van der Waals surface area contributed by atoms with Gasteiger partial charge < -0.3 is 0 Å². The molecule has 0 N–H and O–H groups in total. The summed E-state index contributed by atoms with van der Waals surface area (Å²) in [5.74, 6) is 0.159. The minimum absolute atomic E-state index is 0.000318. The third-order valence-electron chi connectivity index (χ3n) is 2.88. The van der Waals surface area contributed by atoms with Gasteiger partial charge in [-0.25, -0.2) is 0 Å². The fourth-order valence-electron chi connectivity index (χ4n) is 1.71. The fourth-order valence-corrected chi connectivity index (χ4v) is 2.12. The van der Waals surface area contributed by atoms with Crippen LogP contribution >= 0.6 is 0 Å². The van der Waals surface area contributed by atoms with Gasteiger partial charge in [-0.15, -0.1) is 0 Å². The first-order chi connectivity index (χ1) is 6.88. The Balaban J connectivity index is 2.73. The Kier molecular flexibility index (Phi) is 3.84. The SMILES string of the molecule is CC(C)(C)[C@H]([AsH2])C(=O)N1CCC[C@H]1C#N. The monoisotopic (exact) mass is 270 g/mol. The zero-order valence-corrected chi connectivity index (χ0v) is 12.1. The van der Waals surface area contributed by atoms with Gasteiger partial charge in [0.05, 0.1) is 0 Å². The molecule has 1 heterocycles. The maximum atomic E-state index is 12.2. The van der Waals surface area contributed by atoms with E-state index in [9.17, 15) is 4.79 Å². The van der Waals surface area contributed by atoms with E-state index in [1.54, 1.807) is 4.90 Å². The van der Waals surface area contributed by atoms with Crippen molar-refractivity contribution >= 4 is 22.8 Å². The molecule has 0 aromatic heterocycles. The number of nitrogens with zero attached hydrogens (tertiary/aromatic N) is 2. The summed E-state index contributed by atoms with van der Waals surface area (Å²) in [4.78, 5) is 13.9. The normalized spacial score (nSPS) is 23.7. The molecule has 1 aliphatic heterocycles. The Morgan fingerprint density at radius 3 is 2.67 bits per heavy atom. The van der Waals surface area contributed by atoms with E-state index in [0.29, 0.717) is 0 Å². The molecule has 0 aliphatic carbocycles. The molecule has 3 atom stereocenters. The van der Waals surface area contributed by atoms with Crippen molar-refractivity contribution in [3.05, 3.63) is 0 Å². The van der Waals surface area contributed by atoms with Crippen LogP contribution in [0, 0.1) is 16.7 Å². The van der Waals surface area contributed by atoms with Crippen LogP contribution in [0.25, 0.3) is 0 Å². The number of rotatable bonds is 1. The quantitative estimate of drug-likeness (QED) is 0.666. The zero-order chi connectivity index (χ0) is 11.6. The van der Waals surface area contributed by atoms with Crippen molar-refractivity contribution in [3.63, 3.8) is 0 Å². The van der Waals surface area contributed by atoms with Gasteiger partial charge in [0.15, 0.2) is 0 Å². The van der Waals surface area contributed by atoms with Crippen molar-refractivity contribution in [2.75, 3.05) is 6.54 Å². The molecule has 3 nitrogen and oxygen atoms in total. The van der Waals surface area contributed by atoms with Gasteiger partial charge in [-0.2, -0.15) is 0 Å². The van der Waals surface area contributed by atoms with Crippen LogP contribution in [0.5, 0.6) is 0 Å². The Hall–Kier alpha value is -0.482. The summed E-state index contributed by atoms with van der Waals surface area (Å²) >= 11 is 1.46. The molecule has 1 amide bonds. The Morgan fingerprint density at radius 2 is 2.20 bits per heavy atom. The van der Waals surface area contributed by atoms with Crippen LogP contribution < -0.4 is 0 Å². The molecule has 1 rings (SSSR count). The summed E-state index contributed by atoms with van der Waals surface area (Å²) in [5, 5.41) is 8.93. The second-order valence-corrected chi connectivity index (χ2v) is 6.56. The molecule has 15 heavy (non-hydrogen) atoms. The van der Waals surface area contributed by atoms with Crippen LogP contribution in [0.2, 0.25) is 4.71 Å². The first-order valence-electron chi connectivity index (χ1n) is 5.33. The van der Waals surface area contributed by atoms with E-state index < -0.39 is 0 Å². The molecule has 4 heteroatoms. The van der Waals surface area contributed by atoms with Gasteiger partial charge in [0, 0.05) is 0 Å². The van der Waals surface area contributed by atoms with Crippen molar-refractivity contribution in [1.82, 2.24) is 4.90 Å². The zero-order valence-electron chi connectivity index (χ0n) is 9.66. The van der Waals surface area contributed by atoms with E-state index in [1.807, 2.05) is 0 Å². The molecular weight excluding hydrogens is 251 g/mol. The van der Waals surface area contributed by atoms with E-state index in [4.69, 9.17) is 5.26 Å². The van der Waals surface area contributed by atoms with Gasteiger partial charge in [0.1, 0.15) is 0 Å². The summed E-state index contributed by atoms with van der Waals surface area (Å²) in [6.45, 7) is 6.99. The topological polar surface area (TPSA) is 44.1 Å². The van der Waals surface area contributed by atoms with Gasteiger partial charge in [-0.3, -0.25) is 0 Å². The van der Waals surface area contributed by atoms with E-state index >= 15 is 0 Å². The molecule has 1 saturated heterocycles. The van der Waals surface area contributed by atoms with Gasteiger partial charge in [-0.05, 0) is 0 Å². The summed E-state index contributed by atoms with van der Waals surface area (Å²) in [6, 6.07) is 2.03. The first-order valence-corrected chi connectivity index (χ1v) is 6.73. The Bertz CT molecular complexity index is 290. The molecule has 0 bridgehead atoms. The number of hydrogen-bond acceptors (Lipinski definition) is 2. The molecule has 1 fully saturated rings. The van der Waals surface area contributed by atoms with Crippen LogP contribution in [-0.2, 0) is 4.79 Å². The molecule has 0 radical (unpaired) electrons. The predicted molar refractivity (Wildman–Crippen MR) is 62.1 cm³/mol. The van der Waals surface area contributed by atoms with Gasteiger partial charge >= 0.3 is 100 Å². The number of hydrogen-bond donors (Lipinski definition) is 0. The van der Waals surface area contributed by atoms with E-state index in [-0.39, 0.29) is 22.1 Å². The predicted octanol–water partition coefficient (Wildman–Crippen LogP) is 0.969. The second-order valence-electron chi connectivity index (χ2n) is 5.16. The summed E-state index contributed by atoms with van der Waals surface area (Å²) in [7, 11) is 0. The molecule has 0 saturated carbocycles. The Labute approximate surface area is 100 Å². The van der Waals surface area contributed by atoms with Crippen molar-refractivity contribution in [1.29, 1.82) is 5.26 Å². The third kappa shape index (κ3) is 2.75. The Morgan fingerprint density at radius 1 is 1.60 bits per heavy atom. The minimum atomic E-state index is -0.182. The van der Waals surface area contributed by atoms with E-state index in [1.165, 1.54) is 16.9 Å². The summed E-state index contributed by atoms with van der Waals surface area (Å²) < 4.78 is 0.0407. The van der Waals surface area contributed by atoms with Crippen molar-refractivity contribution in [2.45, 2.75) is 44.4 Å². The molecule has 1 aliphatic rings. The summed E-state index contributed by atoms with van der Waals surface area (Å²) in [5.41, 5.74) is -0.000318. The molecular formula is C11H19AsN2O. The third-order valence-corrected chi connectivity index (χ3v) is 5.58. The molecule has 84 valence electrons. The number of carbonyl (C=O) groups is 1. The number of amides is 1. The van der Waals surface area contributed by atoms with Crippen LogP contribution in [0.3, 0.4) is 0 Å². The first kappa shape index (κ1) is 12.6. The van der Waals surface area contributed by atoms with Crippen LogP contribution in [0.1, 0.15) is 33.6 Å².